The second-order valence-corrected chi connectivity index (χ2v) is 9.47. The van der Waals surface area contributed by atoms with E-state index in [4.69, 9.17) is 9.40 Å². The molecule has 0 N–H and O–H groups in total. The molecule has 4 aromatic rings. The van der Waals surface area contributed by atoms with Crippen molar-refractivity contribution in [1.82, 2.24) is 14.3 Å². The molecule has 174 valence electrons. The fourth-order valence-corrected chi connectivity index (χ4v) is 4.97. The van der Waals surface area contributed by atoms with Gasteiger partial charge in [-0.25, -0.2) is 4.98 Å². The van der Waals surface area contributed by atoms with Crippen molar-refractivity contribution in [2.45, 2.75) is 39.3 Å². The van der Waals surface area contributed by atoms with E-state index in [1.807, 2.05) is 23.1 Å². The van der Waals surface area contributed by atoms with Crippen LogP contribution >= 0.6 is 11.5 Å². The van der Waals surface area contributed by atoms with E-state index in [2.05, 4.69) is 58.7 Å². The largest absolute Gasteiger partial charge is 0.467 e. The molecule has 0 saturated carbocycles. The van der Waals surface area contributed by atoms with E-state index in [0.29, 0.717) is 32.5 Å². The molecule has 0 aliphatic carbocycles. The Morgan fingerprint density at radius 2 is 1.91 bits per heavy atom. The molecule has 0 bridgehead atoms. The molecule has 7 heteroatoms. The van der Waals surface area contributed by atoms with Gasteiger partial charge in [0.15, 0.2) is 0 Å². The van der Waals surface area contributed by atoms with Gasteiger partial charge in [-0.15, -0.1) is 0 Å². The molecule has 5 rings (SSSR count). The quantitative estimate of drug-likeness (QED) is 0.361. The van der Waals surface area contributed by atoms with Crippen molar-refractivity contribution in [2.24, 2.45) is 0 Å². The predicted molar refractivity (Wildman–Crippen MR) is 134 cm³/mol. The van der Waals surface area contributed by atoms with E-state index in [1.165, 1.54) is 33.8 Å². The lowest BCUT2D eigenvalue weighted by Crippen LogP contribution is -2.38. The van der Waals surface area contributed by atoms with Gasteiger partial charge in [-0.2, -0.15) is 4.37 Å². The van der Waals surface area contributed by atoms with Crippen molar-refractivity contribution < 1.29 is 9.21 Å². The minimum atomic E-state index is 0.170. The summed E-state index contributed by atoms with van der Waals surface area (Å²) in [6, 6.07) is 20.7. The molecule has 1 aliphatic rings. The maximum absolute atomic E-state index is 13.1. The average molecular weight is 473 g/mol. The Balaban J connectivity index is 1.26. The molecule has 0 saturated heterocycles. The van der Waals surface area contributed by atoms with Crippen molar-refractivity contribution >= 4 is 22.6 Å². The normalized spacial score (nSPS) is 13.0. The third kappa shape index (κ3) is 5.37. The topological polar surface area (TPSA) is 62.5 Å². The van der Waals surface area contributed by atoms with Gasteiger partial charge in [0, 0.05) is 44.0 Å². The van der Waals surface area contributed by atoms with Crippen molar-refractivity contribution in [3.8, 4) is 0 Å². The summed E-state index contributed by atoms with van der Waals surface area (Å²) in [5.41, 5.74) is 5.02. The number of nitrogens with zero attached hydrogens (tertiary/aromatic N) is 4. The van der Waals surface area contributed by atoms with E-state index < -0.39 is 0 Å². The van der Waals surface area contributed by atoms with Gasteiger partial charge in [0.1, 0.15) is 11.6 Å². The number of carbonyl (C=O) groups is 1. The molecule has 0 radical (unpaired) electrons. The van der Waals surface area contributed by atoms with Crippen LogP contribution in [-0.2, 0) is 30.7 Å². The highest BCUT2D eigenvalue weighted by Gasteiger charge is 2.22. The summed E-state index contributed by atoms with van der Waals surface area (Å²) in [6.07, 6.45) is 3.71. The SMILES string of the molecule is Cc1ccc(Cc2nsc(N(CCC(=O)N3CCc4ccccc4C3)Cc3ccco3)n2)cc1. The van der Waals surface area contributed by atoms with Crippen LogP contribution in [0.2, 0.25) is 0 Å². The Morgan fingerprint density at radius 1 is 1.09 bits per heavy atom. The number of fused-ring (bicyclic) bond motifs is 1. The Hall–Kier alpha value is -3.45. The van der Waals surface area contributed by atoms with Gasteiger partial charge >= 0.3 is 0 Å². The van der Waals surface area contributed by atoms with Gasteiger partial charge in [0.25, 0.3) is 0 Å². The molecule has 0 unspecified atom stereocenters. The molecule has 0 atom stereocenters. The number of aromatic nitrogens is 2. The summed E-state index contributed by atoms with van der Waals surface area (Å²) >= 11 is 1.38. The molecule has 2 aromatic heterocycles. The molecule has 0 fully saturated rings. The number of carbonyl (C=O) groups excluding carboxylic acids is 1. The number of hydrogen-bond acceptors (Lipinski definition) is 6. The first-order chi connectivity index (χ1) is 16.6. The first kappa shape index (κ1) is 22.3. The molecule has 1 aliphatic heterocycles. The summed E-state index contributed by atoms with van der Waals surface area (Å²) < 4.78 is 10.2. The van der Waals surface area contributed by atoms with Gasteiger partial charge < -0.3 is 14.2 Å². The zero-order valence-corrected chi connectivity index (χ0v) is 20.1. The van der Waals surface area contributed by atoms with Gasteiger partial charge in [-0.3, -0.25) is 4.79 Å². The summed E-state index contributed by atoms with van der Waals surface area (Å²) in [7, 11) is 0. The number of anilines is 1. The average Bonchev–Trinajstić information content (AvgIpc) is 3.55. The molecular formula is C27H28N4O2S. The standard InChI is InChI=1S/C27H28N4O2S/c1-20-8-10-21(11-9-20)17-25-28-27(34-29-25)31(19-24-7-4-16-33-24)15-13-26(32)30-14-12-22-5-2-3-6-23(22)18-30/h2-11,16H,12-15,17-19H2,1H3. The third-order valence-corrected chi connectivity index (χ3v) is 7.03. The molecule has 0 spiro atoms. The number of furan rings is 1. The second-order valence-electron chi connectivity index (χ2n) is 8.74. The molecule has 1 amide bonds. The first-order valence-electron chi connectivity index (χ1n) is 11.6. The number of hydrogen-bond donors (Lipinski definition) is 0. The highest BCUT2D eigenvalue weighted by atomic mass is 32.1. The first-order valence-corrected chi connectivity index (χ1v) is 12.4. The van der Waals surface area contributed by atoms with Crippen LogP contribution in [0, 0.1) is 6.92 Å². The van der Waals surface area contributed by atoms with Crippen LogP contribution in [0.4, 0.5) is 5.13 Å². The van der Waals surface area contributed by atoms with Crippen molar-refractivity contribution in [3.63, 3.8) is 0 Å². The van der Waals surface area contributed by atoms with Crippen molar-refractivity contribution in [2.75, 3.05) is 18.0 Å². The molecule has 3 heterocycles. The molecule has 2 aromatic carbocycles. The third-order valence-electron chi connectivity index (χ3n) is 6.22. The lowest BCUT2D eigenvalue weighted by Gasteiger charge is -2.30. The summed E-state index contributed by atoms with van der Waals surface area (Å²) in [5.74, 6) is 1.81. The van der Waals surface area contributed by atoms with E-state index in [1.54, 1.807) is 6.26 Å². The monoisotopic (exact) mass is 472 g/mol. The molecular weight excluding hydrogens is 444 g/mol. The zero-order chi connectivity index (χ0) is 23.3. The minimum Gasteiger partial charge on any atom is -0.467 e. The van der Waals surface area contributed by atoms with Crippen LogP contribution in [0.25, 0.3) is 0 Å². The number of amides is 1. The zero-order valence-electron chi connectivity index (χ0n) is 19.3. The highest BCUT2D eigenvalue weighted by Crippen LogP contribution is 2.23. The van der Waals surface area contributed by atoms with Crippen LogP contribution in [-0.4, -0.2) is 33.3 Å². The summed E-state index contributed by atoms with van der Waals surface area (Å²) in [6.45, 7) is 4.67. The van der Waals surface area contributed by atoms with E-state index in [9.17, 15) is 4.79 Å². The lowest BCUT2D eigenvalue weighted by atomic mass is 10.00. The van der Waals surface area contributed by atoms with Crippen LogP contribution < -0.4 is 4.90 Å². The van der Waals surface area contributed by atoms with Crippen LogP contribution in [0.1, 0.15) is 40.3 Å². The smallest absolute Gasteiger partial charge is 0.224 e. The van der Waals surface area contributed by atoms with Gasteiger partial charge in [-0.1, -0.05) is 54.1 Å². The van der Waals surface area contributed by atoms with E-state index in [0.717, 1.165) is 29.7 Å². The lowest BCUT2D eigenvalue weighted by molar-refractivity contribution is -0.131. The molecule has 6 nitrogen and oxygen atoms in total. The van der Waals surface area contributed by atoms with Gasteiger partial charge in [0.05, 0.1) is 12.8 Å². The Labute approximate surface area is 204 Å². The van der Waals surface area contributed by atoms with Crippen LogP contribution in [0.5, 0.6) is 0 Å². The summed E-state index contributed by atoms with van der Waals surface area (Å²) in [4.78, 5) is 21.9. The second kappa shape index (κ2) is 10.2. The number of benzene rings is 2. The van der Waals surface area contributed by atoms with E-state index in [-0.39, 0.29) is 5.91 Å². The number of aryl methyl sites for hydroxylation is 1. The maximum Gasteiger partial charge on any atom is 0.224 e. The fourth-order valence-electron chi connectivity index (χ4n) is 4.26. The van der Waals surface area contributed by atoms with Crippen LogP contribution in [0.3, 0.4) is 0 Å². The van der Waals surface area contributed by atoms with E-state index >= 15 is 0 Å². The predicted octanol–water partition coefficient (Wildman–Crippen LogP) is 5.01. The highest BCUT2D eigenvalue weighted by molar-refractivity contribution is 7.09. The Kier molecular flexibility index (Phi) is 6.72. The van der Waals surface area contributed by atoms with Gasteiger partial charge in [0.2, 0.25) is 11.0 Å². The summed E-state index contributed by atoms with van der Waals surface area (Å²) in [5, 5.41) is 0.815. The number of rotatable bonds is 8. The maximum atomic E-state index is 13.1. The Bertz CT molecular complexity index is 1230. The van der Waals surface area contributed by atoms with Gasteiger partial charge in [-0.05, 0) is 42.2 Å². The molecule has 34 heavy (non-hydrogen) atoms. The Morgan fingerprint density at radius 3 is 2.71 bits per heavy atom. The minimum absolute atomic E-state index is 0.170. The van der Waals surface area contributed by atoms with Crippen LogP contribution in [0.15, 0.2) is 71.3 Å². The van der Waals surface area contributed by atoms with Crippen molar-refractivity contribution in [3.05, 3.63) is 101 Å². The fraction of sp³-hybridized carbons (Fsp3) is 0.296. The van der Waals surface area contributed by atoms with Crippen molar-refractivity contribution in [1.29, 1.82) is 0 Å².